The fourth-order valence-corrected chi connectivity index (χ4v) is 5.13. The Morgan fingerprint density at radius 2 is 1.84 bits per heavy atom. The van der Waals surface area contributed by atoms with Crippen LogP contribution in [0.5, 0.6) is 0 Å². The van der Waals surface area contributed by atoms with E-state index >= 15 is 0 Å². The molecule has 108 valence electrons. The van der Waals surface area contributed by atoms with Gasteiger partial charge < -0.3 is 9.80 Å². The molecular weight excluding hydrogens is 266 g/mol. The average molecular weight is 288 g/mol. The van der Waals surface area contributed by atoms with E-state index in [1.54, 1.807) is 0 Å². The summed E-state index contributed by atoms with van der Waals surface area (Å²) >= 11 is 0. The van der Waals surface area contributed by atoms with E-state index in [2.05, 4.69) is 10.2 Å². The number of piperazine rings is 3. The van der Waals surface area contributed by atoms with Crippen LogP contribution in [0.15, 0.2) is 0 Å². The first-order valence-electron chi connectivity index (χ1n) is 7.04. The van der Waals surface area contributed by atoms with Crippen molar-refractivity contribution in [2.45, 2.75) is 12.5 Å². The van der Waals surface area contributed by atoms with Gasteiger partial charge in [0.25, 0.3) is 5.91 Å². The lowest BCUT2D eigenvalue weighted by Gasteiger charge is -2.50. The lowest BCUT2D eigenvalue weighted by Crippen LogP contribution is -2.69. The summed E-state index contributed by atoms with van der Waals surface area (Å²) in [5.41, 5.74) is 0. The summed E-state index contributed by atoms with van der Waals surface area (Å²) in [6.07, 6.45) is 0.571. The van der Waals surface area contributed by atoms with Crippen molar-refractivity contribution in [1.29, 1.82) is 0 Å². The Bertz CT molecular complexity index is 455. The third-order valence-corrected chi connectivity index (χ3v) is 6.52. The largest absolute Gasteiger partial charge is 0.347 e. The molecule has 1 amide bonds. The van der Waals surface area contributed by atoms with Crippen molar-refractivity contribution in [2.24, 2.45) is 0 Å². The van der Waals surface area contributed by atoms with Crippen LogP contribution < -0.4 is 5.32 Å². The molecule has 0 aromatic heterocycles. The Balaban J connectivity index is 1.54. The average Bonchev–Trinajstić information content (AvgIpc) is 2.70. The summed E-state index contributed by atoms with van der Waals surface area (Å²) < 4.78 is 23.6. The van der Waals surface area contributed by atoms with Crippen LogP contribution in [0, 0.1) is 0 Å². The van der Waals surface area contributed by atoms with Gasteiger partial charge in [0.2, 0.25) is 0 Å². The number of sulfone groups is 1. The molecule has 6 nitrogen and oxygen atoms in total. The molecule has 7 heteroatoms. The Morgan fingerprint density at radius 1 is 1.21 bits per heavy atom. The van der Waals surface area contributed by atoms with Crippen LogP contribution in [0.4, 0.5) is 0 Å². The highest BCUT2D eigenvalue weighted by Crippen LogP contribution is 2.19. The topological polar surface area (TPSA) is 66.5 Å². The van der Waals surface area contributed by atoms with Crippen molar-refractivity contribution in [3.8, 4) is 0 Å². The van der Waals surface area contributed by atoms with Gasteiger partial charge in [0, 0.05) is 25.7 Å². The maximum atomic E-state index is 12.1. The third kappa shape index (κ3) is 2.93. The molecule has 0 aromatic carbocycles. The molecule has 0 aromatic rings. The minimum absolute atomic E-state index is 0.0254. The van der Waals surface area contributed by atoms with Crippen LogP contribution >= 0.6 is 0 Å². The van der Waals surface area contributed by atoms with E-state index < -0.39 is 9.84 Å². The maximum absolute atomic E-state index is 12.1. The van der Waals surface area contributed by atoms with Gasteiger partial charge in [0.15, 0.2) is 16.4 Å². The van der Waals surface area contributed by atoms with Crippen LogP contribution in [0.2, 0.25) is 0 Å². The van der Waals surface area contributed by atoms with Crippen molar-refractivity contribution < 1.29 is 17.7 Å². The zero-order valence-electron chi connectivity index (χ0n) is 11.2. The second kappa shape index (κ2) is 4.71. The molecule has 0 radical (unpaired) electrons. The molecule has 4 heterocycles. The van der Waals surface area contributed by atoms with Gasteiger partial charge in [0.05, 0.1) is 31.1 Å². The smallest absolute Gasteiger partial charge is 0.275 e. The fourth-order valence-electron chi connectivity index (χ4n) is 3.46. The quantitative estimate of drug-likeness (QED) is 0.638. The summed E-state index contributed by atoms with van der Waals surface area (Å²) in [6.45, 7) is 6.94. The van der Waals surface area contributed by atoms with Gasteiger partial charge in [-0.2, -0.15) is 0 Å². The van der Waals surface area contributed by atoms with Gasteiger partial charge in [-0.1, -0.05) is 0 Å². The van der Waals surface area contributed by atoms with Crippen LogP contribution in [0.1, 0.15) is 6.42 Å². The second-order valence-corrected chi connectivity index (χ2v) is 8.41. The summed E-state index contributed by atoms with van der Waals surface area (Å²) in [4.78, 5) is 14.6. The number of nitrogens with zero attached hydrogens (tertiary/aromatic N) is 2. The van der Waals surface area contributed by atoms with Gasteiger partial charge in [-0.15, -0.1) is 0 Å². The van der Waals surface area contributed by atoms with Gasteiger partial charge in [0.1, 0.15) is 0 Å². The fraction of sp³-hybridized carbons (Fsp3) is 0.917. The third-order valence-electron chi connectivity index (χ3n) is 4.75. The molecule has 1 atom stereocenters. The van der Waals surface area contributed by atoms with Gasteiger partial charge in [-0.05, 0) is 6.42 Å². The van der Waals surface area contributed by atoms with Crippen LogP contribution in [-0.2, 0) is 14.6 Å². The molecule has 0 aliphatic carbocycles. The van der Waals surface area contributed by atoms with Crippen molar-refractivity contribution in [3.05, 3.63) is 0 Å². The molecule has 4 aliphatic rings. The Hall–Kier alpha value is -0.660. The molecule has 2 bridgehead atoms. The van der Waals surface area contributed by atoms with Crippen molar-refractivity contribution in [3.63, 3.8) is 0 Å². The highest BCUT2D eigenvalue weighted by molar-refractivity contribution is 7.91. The summed E-state index contributed by atoms with van der Waals surface area (Å²) in [5, 5.41) is 2.91. The minimum atomic E-state index is -2.91. The van der Waals surface area contributed by atoms with Crippen LogP contribution in [0.25, 0.3) is 0 Å². The monoisotopic (exact) mass is 288 g/mol. The molecule has 0 saturated carbocycles. The van der Waals surface area contributed by atoms with E-state index in [9.17, 15) is 13.2 Å². The number of hydrogen-bond acceptors (Lipinski definition) is 4. The molecular formula is C12H22N3O3S+. The number of rotatable bonds is 3. The van der Waals surface area contributed by atoms with Crippen molar-refractivity contribution in [1.82, 2.24) is 10.2 Å². The van der Waals surface area contributed by atoms with Crippen LogP contribution in [-0.4, -0.2) is 87.1 Å². The molecule has 19 heavy (non-hydrogen) atoms. The zero-order valence-corrected chi connectivity index (χ0v) is 12.0. The van der Waals surface area contributed by atoms with Gasteiger partial charge >= 0.3 is 0 Å². The number of hydrogen-bond donors (Lipinski definition) is 1. The molecule has 0 unspecified atom stereocenters. The number of carbonyl (C=O) groups excluding carboxylic acids is 1. The molecule has 0 spiro atoms. The molecule has 4 saturated heterocycles. The first-order valence-corrected chi connectivity index (χ1v) is 8.86. The maximum Gasteiger partial charge on any atom is 0.275 e. The van der Waals surface area contributed by atoms with Crippen LogP contribution in [0.3, 0.4) is 0 Å². The predicted octanol–water partition coefficient (Wildman–Crippen LogP) is -1.56. The number of quaternary nitrogens is 1. The lowest BCUT2D eigenvalue weighted by atomic mass is 10.1. The summed E-state index contributed by atoms with van der Waals surface area (Å²) in [6, 6.07) is -0.165. The summed E-state index contributed by atoms with van der Waals surface area (Å²) in [5.74, 6) is 0.358. The highest BCUT2D eigenvalue weighted by atomic mass is 32.2. The predicted molar refractivity (Wildman–Crippen MR) is 71.4 cm³/mol. The standard InChI is InChI=1S/C12H21N3O3S/c16-12(13-11-1-8-19(17,18)10-11)9-15-5-2-14(3-6-15)4-7-15/h11H,1-10H2/p+1/t11-/m1/s1. The summed E-state index contributed by atoms with van der Waals surface area (Å²) in [7, 11) is -2.91. The number of amides is 1. The Morgan fingerprint density at radius 3 is 2.37 bits per heavy atom. The van der Waals surface area contributed by atoms with E-state index in [0.717, 1.165) is 43.8 Å². The molecule has 4 fully saturated rings. The van der Waals surface area contributed by atoms with E-state index in [1.165, 1.54) is 0 Å². The van der Waals surface area contributed by atoms with E-state index in [-0.39, 0.29) is 23.5 Å². The number of fused-ring (bicyclic) bond motifs is 3. The Labute approximate surface area is 114 Å². The number of carbonyl (C=O) groups is 1. The lowest BCUT2D eigenvalue weighted by molar-refractivity contribution is -0.933. The Kier molecular flexibility index (Phi) is 3.31. The van der Waals surface area contributed by atoms with E-state index in [4.69, 9.17) is 0 Å². The SMILES string of the molecule is O=C(C[N+]12CCN(CC1)CC2)N[C@@H]1CCS(=O)(=O)C1. The van der Waals surface area contributed by atoms with E-state index in [0.29, 0.717) is 13.0 Å². The number of nitrogens with one attached hydrogen (secondary N) is 1. The zero-order chi connectivity index (χ0) is 13.5. The minimum Gasteiger partial charge on any atom is -0.347 e. The second-order valence-electron chi connectivity index (χ2n) is 6.18. The first-order chi connectivity index (χ1) is 8.96. The van der Waals surface area contributed by atoms with Crippen molar-refractivity contribution in [2.75, 3.05) is 57.3 Å². The molecule has 4 rings (SSSR count). The molecule has 1 N–H and O–H groups in total. The van der Waals surface area contributed by atoms with Crippen molar-refractivity contribution >= 4 is 15.7 Å². The first kappa shape index (κ1) is 13.3. The van der Waals surface area contributed by atoms with Gasteiger partial charge in [-0.25, -0.2) is 8.42 Å². The highest BCUT2D eigenvalue weighted by Gasteiger charge is 2.40. The normalized spacial score (nSPS) is 40.2. The molecule has 4 aliphatic heterocycles. The van der Waals surface area contributed by atoms with E-state index in [1.807, 2.05) is 0 Å². The van der Waals surface area contributed by atoms with Gasteiger partial charge in [-0.3, -0.25) is 9.69 Å².